The predicted molar refractivity (Wildman–Crippen MR) is 62.0 cm³/mol. The third-order valence-electron chi connectivity index (χ3n) is 2.60. The van der Waals surface area contributed by atoms with Gasteiger partial charge in [0, 0.05) is 30.2 Å². The molecule has 0 amide bonds. The number of aliphatic carboxylic acids is 1. The molecule has 0 bridgehead atoms. The maximum atomic E-state index is 10.3. The Balaban J connectivity index is 2.17. The van der Waals surface area contributed by atoms with Gasteiger partial charge in [0.1, 0.15) is 6.20 Å². The molecular weight excluding hydrogens is 230 g/mol. The van der Waals surface area contributed by atoms with Crippen molar-refractivity contribution in [1.29, 1.82) is 0 Å². The Morgan fingerprint density at radius 2 is 2.28 bits per heavy atom. The lowest BCUT2D eigenvalue weighted by atomic mass is 10.1. The molecule has 2 rings (SSSR count). The minimum absolute atomic E-state index is 0.0420. The Morgan fingerprint density at radius 3 is 2.89 bits per heavy atom. The largest absolute Gasteiger partial charge is 0.550 e. The van der Waals surface area contributed by atoms with E-state index in [-0.39, 0.29) is 6.42 Å². The molecule has 0 aliphatic rings. The second kappa shape index (κ2) is 5.35. The number of nitrogens with zero attached hydrogens (tertiary/aromatic N) is 3. The summed E-state index contributed by atoms with van der Waals surface area (Å²) in [5, 5.41) is 14.5. The van der Waals surface area contributed by atoms with E-state index < -0.39 is 5.97 Å². The van der Waals surface area contributed by atoms with Gasteiger partial charge in [-0.3, -0.25) is 4.98 Å². The maximum absolute atomic E-state index is 10.3. The molecule has 0 aromatic carbocycles. The summed E-state index contributed by atoms with van der Waals surface area (Å²) >= 11 is 0. The number of aromatic nitrogens is 3. The molecule has 0 spiro atoms. The molecule has 0 fully saturated rings. The fourth-order valence-electron chi connectivity index (χ4n) is 1.65. The summed E-state index contributed by atoms with van der Waals surface area (Å²) in [4.78, 5) is 14.6. The van der Waals surface area contributed by atoms with Crippen LogP contribution in [0.2, 0.25) is 0 Å². The number of hydrogen-bond acceptors (Lipinski definition) is 4. The highest BCUT2D eigenvalue weighted by Gasteiger charge is 2.07. The summed E-state index contributed by atoms with van der Waals surface area (Å²) in [6, 6.07) is 5.74. The standard InChI is InChI=1S/C13H13N3O2/c1-10-3-2-6-14-13(10)11-4-7-16(15-9-11)8-5-12(17)18/h2-4,6-7,9H,5,8H2,1H3. The molecule has 2 aromatic heterocycles. The highest BCUT2D eigenvalue weighted by atomic mass is 16.4. The van der Waals surface area contributed by atoms with Crippen molar-refractivity contribution in [2.45, 2.75) is 19.9 Å². The maximum Gasteiger partial charge on any atom is 0.197 e. The van der Waals surface area contributed by atoms with Gasteiger partial charge in [-0.2, -0.15) is 0 Å². The van der Waals surface area contributed by atoms with Gasteiger partial charge < -0.3 is 9.90 Å². The van der Waals surface area contributed by atoms with E-state index in [0.717, 1.165) is 16.8 Å². The summed E-state index contributed by atoms with van der Waals surface area (Å²) in [6.07, 6.45) is 5.12. The monoisotopic (exact) mass is 243 g/mol. The first kappa shape index (κ1) is 12.2. The van der Waals surface area contributed by atoms with Crippen LogP contribution in [-0.2, 0) is 11.3 Å². The average Bonchev–Trinajstić information content (AvgIpc) is 2.38. The fraction of sp³-hybridized carbons (Fsp3) is 0.231. The Labute approximate surface area is 105 Å². The van der Waals surface area contributed by atoms with Crippen molar-refractivity contribution in [3.8, 4) is 11.3 Å². The van der Waals surface area contributed by atoms with Crippen molar-refractivity contribution in [2.75, 3.05) is 0 Å². The normalized spacial score (nSPS) is 10.3. The molecule has 0 saturated carbocycles. The number of pyridine rings is 1. The predicted octanol–water partition coefficient (Wildman–Crippen LogP) is -0.120. The van der Waals surface area contributed by atoms with Gasteiger partial charge in [0.25, 0.3) is 0 Å². The van der Waals surface area contributed by atoms with Gasteiger partial charge in [-0.25, -0.2) is 0 Å². The fourth-order valence-corrected chi connectivity index (χ4v) is 1.65. The third-order valence-corrected chi connectivity index (χ3v) is 2.60. The van der Waals surface area contributed by atoms with Gasteiger partial charge in [-0.1, -0.05) is 10.7 Å². The molecule has 0 atom stereocenters. The van der Waals surface area contributed by atoms with E-state index in [9.17, 15) is 9.90 Å². The molecule has 2 heterocycles. The van der Waals surface area contributed by atoms with E-state index in [1.54, 1.807) is 23.3 Å². The molecule has 5 nitrogen and oxygen atoms in total. The van der Waals surface area contributed by atoms with Gasteiger partial charge in [-0.15, -0.1) is 0 Å². The van der Waals surface area contributed by atoms with Crippen LogP contribution in [-0.4, -0.2) is 16.1 Å². The van der Waals surface area contributed by atoms with Crippen LogP contribution in [0.5, 0.6) is 0 Å². The summed E-state index contributed by atoms with van der Waals surface area (Å²) in [7, 11) is 0. The highest BCUT2D eigenvalue weighted by molar-refractivity contribution is 5.63. The number of hydrogen-bond donors (Lipinski definition) is 0. The van der Waals surface area contributed by atoms with E-state index in [0.29, 0.717) is 6.54 Å². The molecule has 2 aromatic rings. The zero-order valence-corrected chi connectivity index (χ0v) is 10.0. The Morgan fingerprint density at radius 1 is 1.44 bits per heavy atom. The zero-order valence-electron chi connectivity index (χ0n) is 10.0. The second-order valence-electron chi connectivity index (χ2n) is 3.97. The van der Waals surface area contributed by atoms with Crippen molar-refractivity contribution < 1.29 is 14.6 Å². The molecule has 0 aliphatic carbocycles. The van der Waals surface area contributed by atoms with Gasteiger partial charge >= 0.3 is 0 Å². The minimum Gasteiger partial charge on any atom is -0.550 e. The molecule has 0 unspecified atom stereocenters. The van der Waals surface area contributed by atoms with Crippen LogP contribution >= 0.6 is 0 Å². The number of rotatable bonds is 4. The quantitative estimate of drug-likeness (QED) is 0.702. The smallest absolute Gasteiger partial charge is 0.197 e. The molecule has 0 N–H and O–H groups in total. The lowest BCUT2D eigenvalue weighted by Crippen LogP contribution is -2.40. The van der Waals surface area contributed by atoms with Crippen LogP contribution in [0.25, 0.3) is 11.3 Å². The summed E-state index contributed by atoms with van der Waals surface area (Å²) in [6.45, 7) is 2.29. The molecule has 0 aliphatic heterocycles. The number of carboxylic acids is 1. The number of carboxylic acid groups (broad SMARTS) is 1. The van der Waals surface area contributed by atoms with Gasteiger partial charge in [-0.05, 0) is 23.7 Å². The lowest BCUT2D eigenvalue weighted by Gasteiger charge is -2.02. The number of carbonyl (C=O) groups excluding carboxylic acids is 1. The van der Waals surface area contributed by atoms with E-state index >= 15 is 0 Å². The van der Waals surface area contributed by atoms with Crippen LogP contribution in [0.15, 0.2) is 36.8 Å². The number of carbonyl (C=O) groups is 1. The summed E-state index contributed by atoms with van der Waals surface area (Å²) < 4.78 is 1.57. The average molecular weight is 243 g/mol. The third kappa shape index (κ3) is 2.88. The first-order chi connectivity index (χ1) is 8.66. The van der Waals surface area contributed by atoms with E-state index in [1.807, 2.05) is 25.1 Å². The first-order valence-electron chi connectivity index (χ1n) is 5.64. The van der Waals surface area contributed by atoms with E-state index in [2.05, 4.69) is 10.1 Å². The van der Waals surface area contributed by atoms with Gasteiger partial charge in [0.2, 0.25) is 0 Å². The van der Waals surface area contributed by atoms with Crippen LogP contribution in [0.3, 0.4) is 0 Å². The summed E-state index contributed by atoms with van der Waals surface area (Å²) in [5.74, 6) is -1.08. The Bertz CT molecular complexity index is 552. The van der Waals surface area contributed by atoms with Gasteiger partial charge in [0.05, 0.1) is 5.69 Å². The number of aryl methyl sites for hydroxylation is 2. The Hall–Kier alpha value is -2.30. The molecular formula is C13H13N3O2. The molecule has 18 heavy (non-hydrogen) atoms. The zero-order chi connectivity index (χ0) is 13.0. The Kier molecular flexibility index (Phi) is 3.62. The molecule has 0 radical (unpaired) electrons. The topological polar surface area (TPSA) is 69.8 Å². The molecule has 92 valence electrons. The summed E-state index contributed by atoms with van der Waals surface area (Å²) in [5.41, 5.74) is 2.88. The van der Waals surface area contributed by atoms with Crippen molar-refractivity contribution in [2.24, 2.45) is 0 Å². The van der Waals surface area contributed by atoms with Crippen molar-refractivity contribution >= 4 is 5.97 Å². The van der Waals surface area contributed by atoms with Crippen molar-refractivity contribution in [3.05, 3.63) is 42.4 Å². The van der Waals surface area contributed by atoms with Crippen LogP contribution in [0.4, 0.5) is 0 Å². The molecule has 0 saturated heterocycles. The van der Waals surface area contributed by atoms with Gasteiger partial charge in [0.15, 0.2) is 12.7 Å². The van der Waals surface area contributed by atoms with Crippen molar-refractivity contribution in [3.63, 3.8) is 0 Å². The van der Waals surface area contributed by atoms with Crippen LogP contribution < -0.4 is 9.79 Å². The minimum atomic E-state index is -1.08. The van der Waals surface area contributed by atoms with E-state index in [1.165, 1.54) is 0 Å². The van der Waals surface area contributed by atoms with Crippen molar-refractivity contribution in [1.82, 2.24) is 10.1 Å². The second-order valence-corrected chi connectivity index (χ2v) is 3.97. The lowest BCUT2D eigenvalue weighted by molar-refractivity contribution is -0.753. The van der Waals surface area contributed by atoms with Crippen LogP contribution in [0, 0.1) is 6.92 Å². The SMILES string of the molecule is Cc1cccnc1-c1cc[n+](CCC(=O)[O-])nc1. The highest BCUT2D eigenvalue weighted by Crippen LogP contribution is 2.17. The first-order valence-corrected chi connectivity index (χ1v) is 5.64. The van der Waals surface area contributed by atoms with E-state index in [4.69, 9.17) is 0 Å². The van der Waals surface area contributed by atoms with Crippen LogP contribution in [0.1, 0.15) is 12.0 Å². The molecule has 5 heteroatoms.